The van der Waals surface area contributed by atoms with Crippen molar-refractivity contribution in [3.05, 3.63) is 319 Å². The molecule has 0 unspecified atom stereocenters. The molecule has 0 aliphatic heterocycles. The van der Waals surface area contributed by atoms with Crippen LogP contribution in [-0.4, -0.2) is 35.9 Å². The Hall–Kier alpha value is -10.5. The monoisotopic (exact) mass is 1210 g/mol. The van der Waals surface area contributed by atoms with Crippen molar-refractivity contribution in [3.8, 4) is 78.1 Å². The van der Waals surface area contributed by atoms with E-state index in [0.717, 1.165) is 82.4 Å². The smallest absolute Gasteiger partial charge is 0.423 e. The van der Waals surface area contributed by atoms with E-state index in [0.29, 0.717) is 5.46 Å². The number of pyridine rings is 2. The van der Waals surface area contributed by atoms with Crippen LogP contribution in [0.2, 0.25) is 0 Å². The number of fused-ring (bicyclic) bond motifs is 6. The molecule has 89 heavy (non-hydrogen) atoms. The van der Waals surface area contributed by atoms with E-state index in [2.05, 4.69) is 244 Å². The van der Waals surface area contributed by atoms with Gasteiger partial charge in [-0.05, 0) is 160 Å². The zero-order valence-corrected chi connectivity index (χ0v) is 50.1. The van der Waals surface area contributed by atoms with Gasteiger partial charge in [0.2, 0.25) is 0 Å². The second-order valence-electron chi connectivity index (χ2n) is 22.0. The Bertz CT molecular complexity index is 5190. The molecule has 6 nitrogen and oxygen atoms in total. The molecule has 8 heteroatoms. The highest BCUT2D eigenvalue weighted by Gasteiger charge is 2.21. The molecule has 0 aliphatic rings. The molecule has 16 aromatic rings. The molecule has 428 valence electrons. The molecule has 16 rings (SSSR count). The third-order valence-corrected chi connectivity index (χ3v) is 17.3. The molecule has 4 aromatic heterocycles. The van der Waals surface area contributed by atoms with E-state index in [1.54, 1.807) is 6.07 Å². The fourth-order valence-corrected chi connectivity index (χ4v) is 12.9. The van der Waals surface area contributed by atoms with Crippen molar-refractivity contribution >= 4 is 82.9 Å². The van der Waals surface area contributed by atoms with Crippen molar-refractivity contribution in [1.82, 2.24) is 18.8 Å². The molecular formula is C81H62BBrN4O2. The number of benzene rings is 12. The summed E-state index contributed by atoms with van der Waals surface area (Å²) in [6.07, 6.45) is 4.11. The minimum Gasteiger partial charge on any atom is -0.423 e. The predicted octanol–water partition coefficient (Wildman–Crippen LogP) is 20.3. The standard InChI is InChI=1S/C40H28N2.C26H19BO2.C14H11BrN2.CH4/c1-27-40(41-37-18-10-11-25-42(27)37)31-21-19-28(20-22-31)32-23-24-35-36(26-32)39(30-14-6-3-7-15-30)34-17-9-8-16-33(34)38(35)29-12-4-2-5-13-29;28-27(29)20-15-16-23-24(17-20)26(19-11-5-2-6-12-19)22-14-8-7-13-21(22)25(23)18-9-3-1-4-10-18;1-10-14(11-5-7-12(15)8-6-11)16-13-4-2-3-9-17(10)13;/h2-26H,1H3;1-17,28-29H;2-9H,1H3;1H4. The highest BCUT2D eigenvalue weighted by atomic mass is 79.9. The Labute approximate surface area is 527 Å². The first-order chi connectivity index (χ1) is 43.3. The number of aryl methyl sites for hydroxylation is 2. The molecule has 4 heterocycles. The van der Waals surface area contributed by atoms with Crippen molar-refractivity contribution < 1.29 is 10.0 Å². The zero-order valence-electron chi connectivity index (χ0n) is 48.5. The minimum absolute atomic E-state index is 0. The van der Waals surface area contributed by atoms with Crippen molar-refractivity contribution in [3.63, 3.8) is 0 Å². The first kappa shape index (κ1) is 57.6. The highest BCUT2D eigenvalue weighted by Crippen LogP contribution is 2.46. The Morgan fingerprint density at radius 1 is 0.303 bits per heavy atom. The summed E-state index contributed by atoms with van der Waals surface area (Å²) >= 11 is 3.45. The Balaban J connectivity index is 0.000000134. The third kappa shape index (κ3) is 11.1. The Morgan fingerprint density at radius 3 is 1.01 bits per heavy atom. The number of hydrogen-bond donors (Lipinski definition) is 2. The average Bonchev–Trinajstić information content (AvgIpc) is 2.74. The van der Waals surface area contributed by atoms with Crippen LogP contribution in [-0.2, 0) is 0 Å². The van der Waals surface area contributed by atoms with Gasteiger partial charge in [0.05, 0.1) is 11.4 Å². The van der Waals surface area contributed by atoms with Gasteiger partial charge in [0, 0.05) is 39.4 Å². The maximum absolute atomic E-state index is 9.80. The molecule has 0 saturated carbocycles. The van der Waals surface area contributed by atoms with Gasteiger partial charge in [-0.2, -0.15) is 0 Å². The summed E-state index contributed by atoms with van der Waals surface area (Å²) in [6, 6.07) is 101. The molecular weight excluding hydrogens is 1150 g/mol. The number of hydrogen-bond acceptors (Lipinski definition) is 4. The van der Waals surface area contributed by atoms with Crippen LogP contribution in [0.5, 0.6) is 0 Å². The van der Waals surface area contributed by atoms with E-state index in [9.17, 15) is 10.0 Å². The summed E-state index contributed by atoms with van der Waals surface area (Å²) in [5.41, 5.74) is 21.1. The molecule has 0 fully saturated rings. The SMILES string of the molecule is C.Cc1c(-c2ccc(-c3ccc4c(-c5ccccc5)c5ccccc5c(-c5ccccc5)c4c3)cc2)nc2ccccn12.Cc1c(-c2ccc(Br)cc2)nc2ccccn12.OB(O)c1ccc2c(-c3ccccc3)c3ccccc3c(-c3ccccc3)c2c1. The van der Waals surface area contributed by atoms with E-state index >= 15 is 0 Å². The fourth-order valence-electron chi connectivity index (χ4n) is 12.6. The van der Waals surface area contributed by atoms with Crippen LogP contribution in [0.4, 0.5) is 0 Å². The normalized spacial score (nSPS) is 11.1. The molecule has 0 bridgehead atoms. The summed E-state index contributed by atoms with van der Waals surface area (Å²) in [6.45, 7) is 4.23. The van der Waals surface area contributed by atoms with E-state index in [1.807, 2.05) is 97.2 Å². The molecule has 12 aromatic carbocycles. The summed E-state index contributed by atoms with van der Waals surface area (Å²) in [5.74, 6) is 0. The van der Waals surface area contributed by atoms with E-state index in [4.69, 9.17) is 4.98 Å². The highest BCUT2D eigenvalue weighted by molar-refractivity contribution is 9.10. The quantitative estimate of drug-likeness (QED) is 0.117. The van der Waals surface area contributed by atoms with Gasteiger partial charge in [-0.15, -0.1) is 0 Å². The molecule has 0 saturated heterocycles. The van der Waals surface area contributed by atoms with Crippen molar-refractivity contribution in [2.24, 2.45) is 0 Å². The number of aromatic nitrogens is 4. The summed E-state index contributed by atoms with van der Waals surface area (Å²) in [4.78, 5) is 9.56. The van der Waals surface area contributed by atoms with E-state index < -0.39 is 7.12 Å². The van der Waals surface area contributed by atoms with Gasteiger partial charge in [-0.3, -0.25) is 0 Å². The van der Waals surface area contributed by atoms with Gasteiger partial charge < -0.3 is 18.8 Å². The maximum Gasteiger partial charge on any atom is 0.488 e. The first-order valence-corrected chi connectivity index (χ1v) is 30.3. The summed E-state index contributed by atoms with van der Waals surface area (Å²) in [5, 5.41) is 29.1. The van der Waals surface area contributed by atoms with Gasteiger partial charge in [0.1, 0.15) is 11.3 Å². The van der Waals surface area contributed by atoms with Crippen LogP contribution in [0.3, 0.4) is 0 Å². The van der Waals surface area contributed by atoms with Crippen LogP contribution in [0.25, 0.3) is 133 Å². The van der Waals surface area contributed by atoms with Crippen molar-refractivity contribution in [1.29, 1.82) is 0 Å². The predicted molar refractivity (Wildman–Crippen MR) is 379 cm³/mol. The molecule has 0 spiro atoms. The van der Waals surface area contributed by atoms with Crippen LogP contribution in [0.1, 0.15) is 18.8 Å². The Morgan fingerprint density at radius 2 is 0.618 bits per heavy atom. The van der Waals surface area contributed by atoms with Crippen LogP contribution in [0.15, 0.2) is 308 Å². The van der Waals surface area contributed by atoms with Crippen molar-refractivity contribution in [2.45, 2.75) is 21.3 Å². The minimum atomic E-state index is -1.50. The lowest BCUT2D eigenvalue weighted by Gasteiger charge is -2.18. The zero-order chi connectivity index (χ0) is 59.7. The van der Waals surface area contributed by atoms with Crippen LogP contribution < -0.4 is 5.46 Å². The molecule has 0 radical (unpaired) electrons. The molecule has 0 aliphatic carbocycles. The number of imidazole rings is 2. The third-order valence-electron chi connectivity index (χ3n) is 16.8. The fraction of sp³-hybridized carbons (Fsp3) is 0.0370. The van der Waals surface area contributed by atoms with Crippen LogP contribution in [0, 0.1) is 13.8 Å². The average molecular weight is 1210 g/mol. The van der Waals surface area contributed by atoms with Gasteiger partial charge in [-0.25, -0.2) is 9.97 Å². The van der Waals surface area contributed by atoms with Gasteiger partial charge >= 0.3 is 7.12 Å². The summed E-state index contributed by atoms with van der Waals surface area (Å²) in [7, 11) is -1.50. The molecule has 2 N–H and O–H groups in total. The summed E-state index contributed by atoms with van der Waals surface area (Å²) < 4.78 is 5.34. The van der Waals surface area contributed by atoms with Gasteiger partial charge in [0.25, 0.3) is 0 Å². The van der Waals surface area contributed by atoms with Crippen molar-refractivity contribution in [2.75, 3.05) is 0 Å². The Kier molecular flexibility index (Phi) is 16.2. The second kappa shape index (κ2) is 25.1. The van der Waals surface area contributed by atoms with E-state index in [-0.39, 0.29) is 7.43 Å². The lowest BCUT2D eigenvalue weighted by Crippen LogP contribution is -2.29. The number of nitrogens with zero attached hydrogens (tertiary/aromatic N) is 4. The number of halogens is 1. The van der Waals surface area contributed by atoms with E-state index in [1.165, 1.54) is 66.0 Å². The lowest BCUT2D eigenvalue weighted by atomic mass is 9.77. The van der Waals surface area contributed by atoms with Gasteiger partial charge in [0.15, 0.2) is 0 Å². The molecule has 0 atom stereocenters. The van der Waals surface area contributed by atoms with Crippen LogP contribution >= 0.6 is 15.9 Å². The maximum atomic E-state index is 9.80. The lowest BCUT2D eigenvalue weighted by molar-refractivity contribution is 0.426. The number of rotatable bonds is 8. The van der Waals surface area contributed by atoms with Gasteiger partial charge in [-0.1, -0.05) is 272 Å². The second-order valence-corrected chi connectivity index (χ2v) is 22.9. The largest absolute Gasteiger partial charge is 0.488 e. The topological polar surface area (TPSA) is 75.1 Å². The first-order valence-electron chi connectivity index (χ1n) is 29.5. The molecule has 0 amide bonds.